The molecule has 6 atom stereocenters. The number of carbonyl (C=O) groups is 2. The number of ether oxygens (including phenoxy) is 1. The average molecular weight is 340 g/mol. The number of hydrogen-bond acceptors (Lipinski definition) is 3. The minimum absolute atomic E-state index is 0.111. The van der Waals surface area contributed by atoms with E-state index in [0.29, 0.717) is 35.9 Å². The van der Waals surface area contributed by atoms with E-state index in [2.05, 4.69) is 12.8 Å². The highest BCUT2D eigenvalue weighted by atomic mass is 16.6. The fourth-order valence-corrected chi connectivity index (χ4v) is 6.86. The Kier molecular flexibility index (Phi) is 3.87. The van der Waals surface area contributed by atoms with Crippen molar-refractivity contribution in [3.63, 3.8) is 0 Å². The molecule has 0 aromatic carbocycles. The number of fused-ring (bicyclic) bond motifs is 5. The second-order valence-electron chi connectivity index (χ2n) is 8.86. The van der Waals surface area contributed by atoms with Gasteiger partial charge >= 0.3 is 5.97 Å². The minimum atomic E-state index is -0.729. The normalized spacial score (nSPS) is 45.5. The first-order valence-corrected chi connectivity index (χ1v) is 9.81. The van der Waals surface area contributed by atoms with E-state index in [1.54, 1.807) is 0 Å². The van der Waals surface area contributed by atoms with Gasteiger partial charge in [0.2, 0.25) is 0 Å². The molecule has 25 heavy (non-hydrogen) atoms. The third-order valence-electron chi connectivity index (χ3n) is 7.97. The largest absolute Gasteiger partial charge is 0.445 e. The maximum absolute atomic E-state index is 11.8. The van der Waals surface area contributed by atoms with E-state index in [4.69, 9.17) is 11.2 Å². The molecule has 0 saturated heterocycles. The summed E-state index contributed by atoms with van der Waals surface area (Å²) in [6.45, 7) is 3.73. The molecule has 3 heteroatoms. The van der Waals surface area contributed by atoms with E-state index in [1.165, 1.54) is 12.5 Å². The van der Waals surface area contributed by atoms with Crippen LogP contribution in [-0.2, 0) is 14.3 Å². The minimum Gasteiger partial charge on any atom is -0.445 e. The summed E-state index contributed by atoms with van der Waals surface area (Å²) in [5.74, 6) is 5.41. The highest BCUT2D eigenvalue weighted by Gasteiger charge is 2.64. The van der Waals surface area contributed by atoms with E-state index >= 15 is 0 Å². The topological polar surface area (TPSA) is 43.4 Å². The second-order valence-corrected chi connectivity index (χ2v) is 8.86. The number of hydrogen-bond donors (Lipinski definition) is 0. The second kappa shape index (κ2) is 5.73. The molecule has 0 aliphatic heterocycles. The number of carbonyl (C=O) groups excluding carboxylic acids is 2. The molecule has 4 aliphatic rings. The zero-order valence-corrected chi connectivity index (χ0v) is 15.3. The molecule has 0 aromatic rings. The third kappa shape index (κ3) is 2.33. The molecule has 0 spiro atoms. The van der Waals surface area contributed by atoms with Crippen LogP contribution in [0.25, 0.3) is 0 Å². The molecular formula is C22H28O3. The van der Waals surface area contributed by atoms with Gasteiger partial charge in [0.25, 0.3) is 0 Å². The first-order chi connectivity index (χ1) is 11.9. The van der Waals surface area contributed by atoms with Crippen LogP contribution in [0.5, 0.6) is 0 Å². The standard InChI is InChI=1S/C22H28O3/c1-4-22(25-14(2)23)12-10-20-19-7-5-15-13-16(24)6-8-17(15)18(19)9-11-21(20,22)3/h1,13,17-20H,5-12H2,2-3H3/t17-,18+,19+,20-,21?,22-/m0/s1. The van der Waals surface area contributed by atoms with Gasteiger partial charge in [-0.05, 0) is 74.7 Å². The van der Waals surface area contributed by atoms with E-state index in [9.17, 15) is 9.59 Å². The van der Waals surface area contributed by atoms with Crippen molar-refractivity contribution in [2.45, 2.75) is 70.8 Å². The van der Waals surface area contributed by atoms with Crippen molar-refractivity contribution in [3.8, 4) is 12.3 Å². The maximum atomic E-state index is 11.8. The fourth-order valence-electron chi connectivity index (χ4n) is 6.86. The predicted molar refractivity (Wildman–Crippen MR) is 95.4 cm³/mol. The number of allylic oxidation sites excluding steroid dienone is 1. The maximum Gasteiger partial charge on any atom is 0.304 e. The van der Waals surface area contributed by atoms with E-state index in [0.717, 1.165) is 44.9 Å². The first-order valence-electron chi connectivity index (χ1n) is 9.81. The molecule has 0 amide bonds. The zero-order valence-electron chi connectivity index (χ0n) is 15.3. The van der Waals surface area contributed by atoms with Crippen molar-refractivity contribution in [1.29, 1.82) is 0 Å². The van der Waals surface area contributed by atoms with Gasteiger partial charge in [0.05, 0.1) is 0 Å². The third-order valence-corrected chi connectivity index (χ3v) is 7.97. The van der Waals surface area contributed by atoms with Gasteiger partial charge < -0.3 is 4.74 Å². The average Bonchev–Trinajstić information content (AvgIpc) is 2.87. The highest BCUT2D eigenvalue weighted by molar-refractivity contribution is 5.91. The van der Waals surface area contributed by atoms with Gasteiger partial charge in [-0.1, -0.05) is 18.4 Å². The zero-order chi connectivity index (χ0) is 17.8. The van der Waals surface area contributed by atoms with Crippen molar-refractivity contribution < 1.29 is 14.3 Å². The Morgan fingerprint density at radius 2 is 2.00 bits per heavy atom. The quantitative estimate of drug-likeness (QED) is 0.534. The summed E-state index contributed by atoms with van der Waals surface area (Å²) in [4.78, 5) is 23.5. The molecule has 3 saturated carbocycles. The summed E-state index contributed by atoms with van der Waals surface area (Å²) in [6, 6.07) is 0. The molecule has 3 fully saturated rings. The Labute approximate surface area is 150 Å². The van der Waals surface area contributed by atoms with Gasteiger partial charge in [0.1, 0.15) is 0 Å². The van der Waals surface area contributed by atoms with Crippen LogP contribution >= 0.6 is 0 Å². The van der Waals surface area contributed by atoms with Gasteiger partial charge in [-0.25, -0.2) is 0 Å². The van der Waals surface area contributed by atoms with Crippen molar-refractivity contribution in [2.24, 2.45) is 29.1 Å². The summed E-state index contributed by atoms with van der Waals surface area (Å²) in [6.07, 6.45) is 15.8. The summed E-state index contributed by atoms with van der Waals surface area (Å²) >= 11 is 0. The summed E-state index contributed by atoms with van der Waals surface area (Å²) in [7, 11) is 0. The highest BCUT2D eigenvalue weighted by Crippen LogP contribution is 2.65. The Bertz CT molecular complexity index is 684. The lowest BCUT2D eigenvalue weighted by Gasteiger charge is -2.55. The lowest BCUT2D eigenvalue weighted by molar-refractivity contribution is -0.167. The number of terminal acetylenes is 1. The Morgan fingerprint density at radius 3 is 2.72 bits per heavy atom. The van der Waals surface area contributed by atoms with Crippen LogP contribution in [0.2, 0.25) is 0 Å². The van der Waals surface area contributed by atoms with Crippen LogP contribution < -0.4 is 0 Å². The Balaban J connectivity index is 1.64. The van der Waals surface area contributed by atoms with Gasteiger partial charge in [-0.2, -0.15) is 0 Å². The van der Waals surface area contributed by atoms with E-state index in [-0.39, 0.29) is 11.4 Å². The molecule has 0 bridgehead atoms. The fraction of sp³-hybridized carbons (Fsp3) is 0.727. The van der Waals surface area contributed by atoms with Crippen LogP contribution in [0.1, 0.15) is 65.2 Å². The van der Waals surface area contributed by atoms with Crippen molar-refractivity contribution in [3.05, 3.63) is 11.6 Å². The number of esters is 1. The van der Waals surface area contributed by atoms with E-state index < -0.39 is 5.60 Å². The van der Waals surface area contributed by atoms with Crippen molar-refractivity contribution >= 4 is 11.8 Å². The van der Waals surface area contributed by atoms with Gasteiger partial charge in [0.15, 0.2) is 11.4 Å². The molecule has 134 valence electrons. The molecule has 0 radical (unpaired) electrons. The monoisotopic (exact) mass is 340 g/mol. The Hall–Kier alpha value is -1.56. The molecule has 4 aliphatic carbocycles. The van der Waals surface area contributed by atoms with Crippen LogP contribution in [0, 0.1) is 41.4 Å². The number of ketones is 1. The molecule has 1 unspecified atom stereocenters. The summed E-state index contributed by atoms with van der Waals surface area (Å²) in [5.41, 5.74) is 0.565. The lowest BCUT2D eigenvalue weighted by Crippen LogP contribution is -2.53. The molecule has 3 nitrogen and oxygen atoms in total. The molecule has 0 heterocycles. The van der Waals surface area contributed by atoms with Crippen LogP contribution in [-0.4, -0.2) is 17.4 Å². The first kappa shape index (κ1) is 16.9. The van der Waals surface area contributed by atoms with Crippen molar-refractivity contribution in [2.75, 3.05) is 0 Å². The SMILES string of the molecule is C#C[C@]1(OC(C)=O)CC[C@H]2[C@@H]3CCC4=CC(=O)CC[C@@H]4[C@H]3CCC21C. The van der Waals surface area contributed by atoms with Crippen LogP contribution in [0.4, 0.5) is 0 Å². The molecule has 0 N–H and O–H groups in total. The number of rotatable bonds is 1. The molecule has 4 rings (SSSR count). The van der Waals surface area contributed by atoms with Gasteiger partial charge in [-0.3, -0.25) is 9.59 Å². The van der Waals surface area contributed by atoms with Crippen LogP contribution in [0.15, 0.2) is 11.6 Å². The summed E-state index contributed by atoms with van der Waals surface area (Å²) < 4.78 is 5.79. The smallest absolute Gasteiger partial charge is 0.304 e. The van der Waals surface area contributed by atoms with Gasteiger partial charge in [-0.15, -0.1) is 6.42 Å². The summed E-state index contributed by atoms with van der Waals surface area (Å²) in [5, 5.41) is 0. The van der Waals surface area contributed by atoms with Crippen molar-refractivity contribution in [1.82, 2.24) is 0 Å². The Morgan fingerprint density at radius 1 is 1.20 bits per heavy atom. The van der Waals surface area contributed by atoms with E-state index in [1.807, 2.05) is 6.08 Å². The predicted octanol–water partition coefficient (Wildman–Crippen LogP) is 4.06. The molecular weight excluding hydrogens is 312 g/mol. The lowest BCUT2D eigenvalue weighted by atomic mass is 9.50. The molecule has 0 aromatic heterocycles. The van der Waals surface area contributed by atoms with Crippen LogP contribution in [0.3, 0.4) is 0 Å². The van der Waals surface area contributed by atoms with Gasteiger partial charge in [0, 0.05) is 18.8 Å².